The van der Waals surface area contributed by atoms with Gasteiger partial charge in [0.2, 0.25) is 0 Å². The molecule has 0 aliphatic carbocycles. The van der Waals surface area contributed by atoms with E-state index in [1.54, 1.807) is 6.21 Å². The zero-order valence-corrected chi connectivity index (χ0v) is 22.2. The first-order chi connectivity index (χ1) is 17.1. The fourth-order valence-electron chi connectivity index (χ4n) is 3.75. The lowest BCUT2D eigenvalue weighted by atomic mass is 10.1. The molecule has 3 aromatic rings. The average Bonchev–Trinajstić information content (AvgIpc) is 2.89. The minimum atomic E-state index is -0.651. The summed E-state index contributed by atoms with van der Waals surface area (Å²) in [6.45, 7) is 4.88. The number of benzene rings is 3. The van der Waals surface area contributed by atoms with E-state index in [-0.39, 0.29) is 5.91 Å². The second kappa shape index (κ2) is 14.5. The molecule has 35 heavy (non-hydrogen) atoms. The molecular weight excluding hydrogens is 504 g/mol. The lowest BCUT2D eigenvalue weighted by Gasteiger charge is -2.17. The molecule has 5 nitrogen and oxygen atoms in total. The molecule has 1 unspecified atom stereocenters. The van der Waals surface area contributed by atoms with Crippen molar-refractivity contribution in [3.05, 3.63) is 70.7 Å². The molecule has 1 amide bonds. The Morgan fingerprint density at radius 2 is 1.71 bits per heavy atom. The fourth-order valence-corrected chi connectivity index (χ4v) is 4.33. The van der Waals surface area contributed by atoms with Gasteiger partial charge in [0, 0.05) is 0 Å². The molecule has 6 heteroatoms. The van der Waals surface area contributed by atoms with Gasteiger partial charge >= 0.3 is 0 Å². The number of hydrazone groups is 1. The Bertz CT molecular complexity index is 1100. The highest BCUT2D eigenvalue weighted by Gasteiger charge is 2.19. The van der Waals surface area contributed by atoms with Gasteiger partial charge in [0.05, 0.1) is 17.3 Å². The smallest absolute Gasteiger partial charge is 0.281 e. The summed E-state index contributed by atoms with van der Waals surface area (Å²) < 4.78 is 12.7. The maximum Gasteiger partial charge on any atom is 0.281 e. The number of nitrogens with zero attached hydrogens (tertiary/aromatic N) is 1. The molecule has 0 saturated heterocycles. The maximum atomic E-state index is 12.6. The quantitative estimate of drug-likeness (QED) is 0.130. The molecule has 3 rings (SSSR count). The molecule has 0 saturated carbocycles. The second-order valence-corrected chi connectivity index (χ2v) is 9.33. The van der Waals surface area contributed by atoms with Gasteiger partial charge in [-0.3, -0.25) is 4.79 Å². The van der Waals surface area contributed by atoms with E-state index in [2.05, 4.69) is 33.4 Å². The standard InChI is InChI=1S/C29H35BrN2O3/c1-3-5-6-7-8-11-20-34-24-17-14-22(15-18-24)21-31-32-29(33)26(4-2)35-27-19-16-23-12-9-10-13-25(23)28(27)30/h9-10,12-19,21,26H,3-8,11,20H2,1-2H3,(H,32,33). The number of rotatable bonds is 14. The summed E-state index contributed by atoms with van der Waals surface area (Å²) >= 11 is 3.61. The van der Waals surface area contributed by atoms with Crippen molar-refractivity contribution < 1.29 is 14.3 Å². The molecular formula is C29H35BrN2O3. The van der Waals surface area contributed by atoms with Crippen LogP contribution in [0.2, 0.25) is 0 Å². The van der Waals surface area contributed by atoms with E-state index in [0.29, 0.717) is 12.2 Å². The van der Waals surface area contributed by atoms with Crippen LogP contribution >= 0.6 is 15.9 Å². The highest BCUT2D eigenvalue weighted by atomic mass is 79.9. The molecule has 1 atom stereocenters. The number of carbonyl (C=O) groups is 1. The van der Waals surface area contributed by atoms with E-state index >= 15 is 0 Å². The Morgan fingerprint density at radius 1 is 0.971 bits per heavy atom. The predicted molar refractivity (Wildman–Crippen MR) is 147 cm³/mol. The SMILES string of the molecule is CCCCCCCCOc1ccc(C=NNC(=O)C(CC)Oc2ccc3ccccc3c2Br)cc1. The molecule has 1 N–H and O–H groups in total. The van der Waals surface area contributed by atoms with Gasteiger partial charge in [-0.1, -0.05) is 76.3 Å². The van der Waals surface area contributed by atoms with Crippen LogP contribution < -0.4 is 14.9 Å². The first-order valence-electron chi connectivity index (χ1n) is 12.5. The van der Waals surface area contributed by atoms with Gasteiger partial charge in [0.25, 0.3) is 5.91 Å². The fraction of sp³-hybridized carbons (Fsp3) is 0.379. The summed E-state index contributed by atoms with van der Waals surface area (Å²) in [5, 5.41) is 6.25. The van der Waals surface area contributed by atoms with Crippen LogP contribution in [-0.4, -0.2) is 24.8 Å². The Kier molecular flexibility index (Phi) is 11.1. The highest BCUT2D eigenvalue weighted by Crippen LogP contribution is 2.33. The van der Waals surface area contributed by atoms with Crippen LogP contribution in [0, 0.1) is 0 Å². The summed E-state index contributed by atoms with van der Waals surface area (Å²) in [5.74, 6) is 1.19. The first kappa shape index (κ1) is 26.7. The van der Waals surface area contributed by atoms with Crippen LogP contribution in [-0.2, 0) is 4.79 Å². The summed E-state index contributed by atoms with van der Waals surface area (Å²) in [6, 6.07) is 19.6. The van der Waals surface area contributed by atoms with Crippen molar-refractivity contribution in [3.8, 4) is 11.5 Å². The van der Waals surface area contributed by atoms with Crippen molar-refractivity contribution in [1.82, 2.24) is 5.43 Å². The summed E-state index contributed by atoms with van der Waals surface area (Å²) in [6.07, 6.45) is 8.96. The zero-order chi connectivity index (χ0) is 24.9. The molecule has 0 heterocycles. The summed E-state index contributed by atoms with van der Waals surface area (Å²) in [7, 11) is 0. The highest BCUT2D eigenvalue weighted by molar-refractivity contribution is 9.10. The van der Waals surface area contributed by atoms with Crippen molar-refractivity contribution in [3.63, 3.8) is 0 Å². The Labute approximate surface area is 217 Å². The van der Waals surface area contributed by atoms with Crippen LogP contribution in [0.25, 0.3) is 10.8 Å². The van der Waals surface area contributed by atoms with Gasteiger partial charge < -0.3 is 9.47 Å². The Morgan fingerprint density at radius 3 is 2.49 bits per heavy atom. The van der Waals surface area contributed by atoms with E-state index < -0.39 is 6.10 Å². The Hall–Kier alpha value is -2.86. The lowest BCUT2D eigenvalue weighted by Crippen LogP contribution is -2.35. The summed E-state index contributed by atoms with van der Waals surface area (Å²) in [4.78, 5) is 12.6. The van der Waals surface area contributed by atoms with E-state index in [4.69, 9.17) is 9.47 Å². The van der Waals surface area contributed by atoms with Crippen LogP contribution in [0.3, 0.4) is 0 Å². The van der Waals surface area contributed by atoms with Gasteiger partial charge in [-0.05, 0) is 75.4 Å². The number of hydrogen-bond donors (Lipinski definition) is 1. The van der Waals surface area contributed by atoms with Gasteiger partial charge in [-0.25, -0.2) is 5.43 Å². The Balaban J connectivity index is 1.46. The van der Waals surface area contributed by atoms with E-state index in [9.17, 15) is 4.79 Å². The van der Waals surface area contributed by atoms with Crippen molar-refractivity contribution >= 4 is 38.8 Å². The molecule has 0 bridgehead atoms. The minimum absolute atomic E-state index is 0.289. The average molecular weight is 540 g/mol. The van der Waals surface area contributed by atoms with E-state index in [0.717, 1.165) is 39.6 Å². The molecule has 0 radical (unpaired) electrons. The van der Waals surface area contributed by atoms with Gasteiger partial charge in [-0.2, -0.15) is 5.10 Å². The second-order valence-electron chi connectivity index (χ2n) is 8.53. The van der Waals surface area contributed by atoms with Crippen LogP contribution in [0.4, 0.5) is 0 Å². The number of unbranched alkanes of at least 4 members (excludes halogenated alkanes) is 5. The number of fused-ring (bicyclic) bond motifs is 1. The third kappa shape index (κ3) is 8.39. The van der Waals surface area contributed by atoms with Gasteiger partial charge in [-0.15, -0.1) is 0 Å². The number of carbonyl (C=O) groups excluding carboxylic acids is 1. The molecule has 0 aliphatic heterocycles. The molecule has 186 valence electrons. The number of hydrogen-bond acceptors (Lipinski definition) is 4. The largest absolute Gasteiger partial charge is 0.494 e. The van der Waals surface area contributed by atoms with Crippen LogP contribution in [0.15, 0.2) is 70.2 Å². The third-order valence-corrected chi connectivity index (χ3v) is 6.61. The first-order valence-corrected chi connectivity index (χ1v) is 13.3. The predicted octanol–water partition coefficient (Wildman–Crippen LogP) is 7.65. The zero-order valence-electron chi connectivity index (χ0n) is 20.6. The normalized spacial score (nSPS) is 12.1. The van der Waals surface area contributed by atoms with E-state index in [1.165, 1.54) is 32.1 Å². The molecule has 3 aromatic carbocycles. The molecule has 0 fully saturated rings. The third-order valence-electron chi connectivity index (χ3n) is 5.80. The molecule has 0 aliphatic rings. The monoisotopic (exact) mass is 538 g/mol. The number of amides is 1. The van der Waals surface area contributed by atoms with Crippen LogP contribution in [0.5, 0.6) is 11.5 Å². The lowest BCUT2D eigenvalue weighted by molar-refractivity contribution is -0.128. The number of ether oxygens (including phenoxy) is 2. The minimum Gasteiger partial charge on any atom is -0.494 e. The molecule has 0 spiro atoms. The van der Waals surface area contributed by atoms with Gasteiger partial charge in [0.15, 0.2) is 6.10 Å². The number of halogens is 1. The van der Waals surface area contributed by atoms with Crippen molar-refractivity contribution in [2.24, 2.45) is 5.10 Å². The molecule has 0 aromatic heterocycles. The van der Waals surface area contributed by atoms with Crippen LogP contribution in [0.1, 0.15) is 64.4 Å². The number of nitrogens with one attached hydrogen (secondary N) is 1. The van der Waals surface area contributed by atoms with Gasteiger partial charge in [0.1, 0.15) is 11.5 Å². The topological polar surface area (TPSA) is 59.9 Å². The van der Waals surface area contributed by atoms with E-state index in [1.807, 2.05) is 67.6 Å². The van der Waals surface area contributed by atoms with Crippen molar-refractivity contribution in [1.29, 1.82) is 0 Å². The van der Waals surface area contributed by atoms with Crippen molar-refractivity contribution in [2.75, 3.05) is 6.61 Å². The van der Waals surface area contributed by atoms with Crippen molar-refractivity contribution in [2.45, 2.75) is 64.9 Å². The summed E-state index contributed by atoms with van der Waals surface area (Å²) in [5.41, 5.74) is 3.47. The maximum absolute atomic E-state index is 12.6.